The van der Waals surface area contributed by atoms with Gasteiger partial charge in [-0.3, -0.25) is 4.79 Å². The van der Waals surface area contributed by atoms with Crippen LogP contribution in [0, 0.1) is 23.2 Å². The molecular formula is C21H24BrN3O3. The van der Waals surface area contributed by atoms with E-state index in [-0.39, 0.29) is 11.1 Å². The Morgan fingerprint density at radius 3 is 2.75 bits per heavy atom. The van der Waals surface area contributed by atoms with Gasteiger partial charge in [-0.2, -0.15) is 9.78 Å². The summed E-state index contributed by atoms with van der Waals surface area (Å²) < 4.78 is 1.63. The lowest BCUT2D eigenvalue weighted by molar-refractivity contribution is -0.105. The van der Waals surface area contributed by atoms with Crippen LogP contribution in [0.1, 0.15) is 44.0 Å². The maximum atomic E-state index is 12.8. The zero-order valence-electron chi connectivity index (χ0n) is 16.1. The first-order valence-electron chi connectivity index (χ1n) is 9.58. The number of aromatic nitrogens is 2. The highest BCUT2D eigenvalue weighted by Gasteiger charge is 2.56. The highest BCUT2D eigenvalue weighted by atomic mass is 79.9. The van der Waals surface area contributed by atoms with Crippen molar-refractivity contribution in [3.63, 3.8) is 0 Å². The molecule has 3 aliphatic carbocycles. The molecule has 3 aliphatic rings. The molecular weight excluding hydrogens is 422 g/mol. The van der Waals surface area contributed by atoms with E-state index in [0.29, 0.717) is 39.1 Å². The van der Waals surface area contributed by atoms with Crippen molar-refractivity contribution in [3.05, 3.63) is 50.9 Å². The van der Waals surface area contributed by atoms with Gasteiger partial charge in [-0.25, -0.2) is 4.79 Å². The highest BCUT2D eigenvalue weighted by molar-refractivity contribution is 9.10. The first-order chi connectivity index (χ1) is 13.2. The summed E-state index contributed by atoms with van der Waals surface area (Å²) in [5.41, 5.74) is 1.31. The van der Waals surface area contributed by atoms with Crippen LogP contribution in [0.3, 0.4) is 0 Å². The number of benzene rings is 1. The van der Waals surface area contributed by atoms with E-state index in [1.807, 2.05) is 0 Å². The molecule has 0 unspecified atom stereocenters. The lowest BCUT2D eigenvalue weighted by Gasteiger charge is -2.62. The number of carbonyl (C=O) groups is 1. The number of hydrogen-bond acceptors (Lipinski definition) is 4. The van der Waals surface area contributed by atoms with Gasteiger partial charge >= 0.3 is 5.97 Å². The third-order valence-electron chi connectivity index (χ3n) is 6.95. The number of nitrogens with one attached hydrogen (secondary N) is 1. The number of aromatic carboxylic acids is 1. The molecule has 28 heavy (non-hydrogen) atoms. The molecule has 1 aromatic heterocycles. The molecule has 0 amide bonds. The molecule has 4 atom stereocenters. The topological polar surface area (TPSA) is 84.2 Å². The molecule has 148 valence electrons. The second-order valence-corrected chi connectivity index (χ2v) is 9.44. The van der Waals surface area contributed by atoms with Gasteiger partial charge in [0.15, 0.2) is 0 Å². The summed E-state index contributed by atoms with van der Waals surface area (Å²) in [5.74, 6) is 0.910. The number of anilines is 1. The van der Waals surface area contributed by atoms with Crippen molar-refractivity contribution in [3.8, 4) is 5.69 Å². The average molecular weight is 446 g/mol. The first-order valence-corrected chi connectivity index (χ1v) is 10.4. The molecule has 2 aromatic rings. The third-order valence-corrected chi connectivity index (χ3v) is 7.72. The Hall–Kier alpha value is -2.15. The summed E-state index contributed by atoms with van der Waals surface area (Å²) in [6, 6.07) is 6.51. The number of carboxylic acid groups (broad SMARTS) is 1. The van der Waals surface area contributed by atoms with Crippen molar-refractivity contribution in [2.24, 2.45) is 23.2 Å². The summed E-state index contributed by atoms with van der Waals surface area (Å²) in [6.45, 7) is 7.02. The van der Waals surface area contributed by atoms with E-state index >= 15 is 0 Å². The molecule has 7 heteroatoms. The van der Waals surface area contributed by atoms with Crippen molar-refractivity contribution >= 4 is 27.6 Å². The van der Waals surface area contributed by atoms with Crippen molar-refractivity contribution < 1.29 is 9.90 Å². The van der Waals surface area contributed by atoms with Crippen LogP contribution in [-0.2, 0) is 0 Å². The van der Waals surface area contributed by atoms with E-state index < -0.39 is 5.97 Å². The van der Waals surface area contributed by atoms with Crippen LogP contribution in [0.15, 0.2) is 39.7 Å². The van der Waals surface area contributed by atoms with Gasteiger partial charge in [-0.1, -0.05) is 26.8 Å². The van der Waals surface area contributed by atoms with E-state index in [0.717, 1.165) is 12.3 Å². The Bertz CT molecular complexity index is 1000. The summed E-state index contributed by atoms with van der Waals surface area (Å²) in [6.07, 6.45) is 4.03. The molecule has 5 rings (SSSR count). The number of rotatable bonds is 4. The minimum atomic E-state index is -1.04. The van der Waals surface area contributed by atoms with Crippen LogP contribution in [0.4, 0.5) is 5.69 Å². The number of hydrogen-bond donors (Lipinski definition) is 2. The van der Waals surface area contributed by atoms with Crippen molar-refractivity contribution in [1.82, 2.24) is 9.78 Å². The van der Waals surface area contributed by atoms with Gasteiger partial charge in [0.2, 0.25) is 0 Å². The second-order valence-electron chi connectivity index (χ2n) is 8.65. The van der Waals surface area contributed by atoms with Gasteiger partial charge in [-0.15, -0.1) is 0 Å². The molecule has 0 spiro atoms. The zero-order chi connectivity index (χ0) is 20.2. The van der Waals surface area contributed by atoms with Crippen LogP contribution < -0.4 is 10.9 Å². The van der Waals surface area contributed by atoms with Gasteiger partial charge in [-0.05, 0) is 70.1 Å². The SMILES string of the molecule is C[C@H]1[C@H]2C[C@H](C[C@H]1Nc1cnn(-c3cccc(C(=O)O)c3)c(=O)c1Br)C2(C)C. The molecule has 1 aromatic carbocycles. The predicted molar refractivity (Wildman–Crippen MR) is 111 cm³/mol. The van der Waals surface area contributed by atoms with Gasteiger partial charge in [0.25, 0.3) is 5.56 Å². The number of carboxylic acids is 1. The van der Waals surface area contributed by atoms with Gasteiger partial charge < -0.3 is 10.4 Å². The van der Waals surface area contributed by atoms with E-state index in [1.54, 1.807) is 18.3 Å². The van der Waals surface area contributed by atoms with Crippen LogP contribution in [0.25, 0.3) is 5.69 Å². The molecule has 0 aliphatic heterocycles. The van der Waals surface area contributed by atoms with E-state index in [2.05, 4.69) is 47.1 Å². The van der Waals surface area contributed by atoms with E-state index in [4.69, 9.17) is 5.11 Å². The number of fused-ring (bicyclic) bond motifs is 2. The number of nitrogens with zero attached hydrogens (tertiary/aromatic N) is 2. The molecule has 1 heterocycles. The highest BCUT2D eigenvalue weighted by Crippen LogP contribution is 2.61. The van der Waals surface area contributed by atoms with Crippen LogP contribution >= 0.6 is 15.9 Å². The predicted octanol–water partition coefficient (Wildman–Crippen LogP) is 4.18. The monoisotopic (exact) mass is 445 g/mol. The summed E-state index contributed by atoms with van der Waals surface area (Å²) in [4.78, 5) is 24.0. The molecule has 2 N–H and O–H groups in total. The van der Waals surface area contributed by atoms with Crippen molar-refractivity contribution in [2.45, 2.75) is 39.7 Å². The Kier molecular flexibility index (Phi) is 4.61. The van der Waals surface area contributed by atoms with E-state index in [1.165, 1.54) is 23.2 Å². The molecule has 3 fully saturated rings. The minimum absolute atomic E-state index is 0.113. The maximum absolute atomic E-state index is 12.8. The molecule has 3 saturated carbocycles. The lowest BCUT2D eigenvalue weighted by Crippen LogP contribution is -2.58. The molecule has 0 saturated heterocycles. The maximum Gasteiger partial charge on any atom is 0.335 e. The van der Waals surface area contributed by atoms with Gasteiger partial charge in [0.1, 0.15) is 4.47 Å². The largest absolute Gasteiger partial charge is 0.478 e. The van der Waals surface area contributed by atoms with Gasteiger partial charge in [0.05, 0.1) is 23.1 Å². The fourth-order valence-corrected chi connectivity index (χ4v) is 5.41. The Labute approximate surface area is 172 Å². The summed E-state index contributed by atoms with van der Waals surface area (Å²) in [7, 11) is 0. The fourth-order valence-electron chi connectivity index (χ4n) is 5.03. The van der Waals surface area contributed by atoms with Gasteiger partial charge in [0, 0.05) is 6.04 Å². The Morgan fingerprint density at radius 1 is 1.36 bits per heavy atom. The smallest absolute Gasteiger partial charge is 0.335 e. The molecule has 0 radical (unpaired) electrons. The van der Waals surface area contributed by atoms with Crippen LogP contribution in [0.2, 0.25) is 0 Å². The fraction of sp³-hybridized carbons (Fsp3) is 0.476. The minimum Gasteiger partial charge on any atom is -0.478 e. The van der Waals surface area contributed by atoms with Crippen molar-refractivity contribution in [1.29, 1.82) is 0 Å². The summed E-state index contributed by atoms with van der Waals surface area (Å²) in [5, 5.41) is 17.0. The lowest BCUT2D eigenvalue weighted by atomic mass is 9.45. The zero-order valence-corrected chi connectivity index (χ0v) is 17.7. The average Bonchev–Trinajstić information content (AvgIpc) is 2.66. The van der Waals surface area contributed by atoms with Crippen molar-refractivity contribution in [2.75, 3.05) is 5.32 Å². The normalized spacial score (nSPS) is 27.7. The Morgan fingerprint density at radius 2 is 2.11 bits per heavy atom. The molecule has 2 bridgehead atoms. The quantitative estimate of drug-likeness (QED) is 0.737. The van der Waals surface area contributed by atoms with Crippen LogP contribution in [-0.4, -0.2) is 26.9 Å². The Balaban J connectivity index is 1.60. The summed E-state index contributed by atoms with van der Waals surface area (Å²) >= 11 is 3.42. The second kappa shape index (κ2) is 6.72. The van der Waals surface area contributed by atoms with Crippen LogP contribution in [0.5, 0.6) is 0 Å². The number of halogens is 1. The first kappa shape index (κ1) is 19.2. The van der Waals surface area contributed by atoms with E-state index in [9.17, 15) is 9.59 Å². The molecule has 6 nitrogen and oxygen atoms in total. The third kappa shape index (κ3) is 2.96. The standard InChI is InChI=1S/C21H24BrN3O3/c1-11-15-8-13(21(15,2)3)9-16(11)24-17-10-23-25(19(26)18(17)22)14-6-4-5-12(7-14)20(27)28/h4-7,10-11,13,15-16,24H,8-9H2,1-3H3,(H,27,28)/t11-,13+,15+,16+/m0/s1.